The summed E-state index contributed by atoms with van der Waals surface area (Å²) < 4.78 is 34.0. The van der Waals surface area contributed by atoms with E-state index in [2.05, 4.69) is 0 Å². The molecular formula is H3ClKNO4. The minimum absolute atomic E-state index is 0. The zero-order valence-electron chi connectivity index (χ0n) is 3.72. The van der Waals surface area contributed by atoms with Crippen LogP contribution in [0.15, 0.2) is 0 Å². The summed E-state index contributed by atoms with van der Waals surface area (Å²) in [6.45, 7) is 0. The van der Waals surface area contributed by atoms with Crippen LogP contribution in [0.3, 0.4) is 0 Å². The second-order valence-corrected chi connectivity index (χ2v) is 1.13. The molecule has 0 unspecified atom stereocenters. The Morgan fingerprint density at radius 2 is 0.857 bits per heavy atom. The normalized spacial score (nSPS) is 8.57. The first-order chi connectivity index (χ1) is 2.00. The van der Waals surface area contributed by atoms with E-state index in [1.807, 2.05) is 0 Å². The maximum atomic E-state index is 8.49. The van der Waals surface area contributed by atoms with Crippen molar-refractivity contribution in [3.8, 4) is 0 Å². The molecule has 0 amide bonds. The first kappa shape index (κ1) is 15.9. The Labute approximate surface area is 85.1 Å². The number of hydrogen-bond donors (Lipinski definition) is 1. The van der Waals surface area contributed by atoms with Crippen molar-refractivity contribution in [2.75, 3.05) is 0 Å². The molecule has 7 heteroatoms. The molecule has 0 saturated heterocycles. The van der Waals surface area contributed by atoms with Crippen molar-refractivity contribution in [3.63, 3.8) is 0 Å². The molecule has 0 heterocycles. The number of rotatable bonds is 0. The number of hydrogen-bond acceptors (Lipinski definition) is 5. The minimum Gasteiger partial charge on any atom is -0.344 e. The molecule has 0 saturated carbocycles. The molecule has 5 nitrogen and oxygen atoms in total. The summed E-state index contributed by atoms with van der Waals surface area (Å²) in [6, 6.07) is 0. The van der Waals surface area contributed by atoms with Crippen LogP contribution in [0.1, 0.15) is 0 Å². The van der Waals surface area contributed by atoms with E-state index in [0.29, 0.717) is 0 Å². The molecule has 0 fully saturated rings. The maximum Gasteiger partial charge on any atom is 1.00 e. The largest absolute Gasteiger partial charge is 1.00 e. The first-order valence-corrected chi connectivity index (χ1v) is 1.85. The Kier molecular flexibility index (Phi) is 13.3. The summed E-state index contributed by atoms with van der Waals surface area (Å²) in [5, 5.41) is 0. The van der Waals surface area contributed by atoms with Crippen LogP contribution in [-0.2, 0) is 0 Å². The van der Waals surface area contributed by atoms with Crippen molar-refractivity contribution in [1.29, 1.82) is 0 Å². The smallest absolute Gasteiger partial charge is 0.344 e. The molecule has 0 aromatic carbocycles. The van der Waals surface area contributed by atoms with Crippen molar-refractivity contribution in [2.45, 2.75) is 0 Å². The first-order valence-electron chi connectivity index (χ1n) is 0.617. The molecule has 0 aliphatic carbocycles. The van der Waals surface area contributed by atoms with Crippen molar-refractivity contribution >= 4 is 0 Å². The predicted octanol–water partition coefficient (Wildman–Crippen LogP) is -7.59. The van der Waals surface area contributed by atoms with Crippen LogP contribution in [-0.4, -0.2) is 0 Å². The van der Waals surface area contributed by atoms with E-state index in [1.165, 1.54) is 0 Å². The fraction of sp³-hybridized carbons (Fsp3) is 0. The average molecular weight is 156 g/mol. The minimum atomic E-state index is -4.94. The van der Waals surface area contributed by atoms with Gasteiger partial charge in [-0.25, -0.2) is 18.6 Å². The van der Waals surface area contributed by atoms with Gasteiger partial charge < -0.3 is 6.15 Å². The van der Waals surface area contributed by atoms with Crippen molar-refractivity contribution in [3.05, 3.63) is 0 Å². The second-order valence-electron chi connectivity index (χ2n) is 0.378. The zero-order valence-corrected chi connectivity index (χ0v) is 7.60. The topological polar surface area (TPSA) is 127 Å². The molecule has 0 aliphatic heterocycles. The van der Waals surface area contributed by atoms with E-state index in [-0.39, 0.29) is 57.5 Å². The van der Waals surface area contributed by atoms with Crippen LogP contribution >= 0.6 is 0 Å². The van der Waals surface area contributed by atoms with Gasteiger partial charge in [0.05, 0.1) is 0 Å². The van der Waals surface area contributed by atoms with E-state index in [1.54, 1.807) is 0 Å². The van der Waals surface area contributed by atoms with Gasteiger partial charge in [0.25, 0.3) is 0 Å². The van der Waals surface area contributed by atoms with Gasteiger partial charge in [-0.1, -0.05) is 0 Å². The van der Waals surface area contributed by atoms with Gasteiger partial charge in [-0.3, -0.25) is 0 Å². The quantitative estimate of drug-likeness (QED) is 0.348. The third kappa shape index (κ3) is 85.0. The molecule has 7 heavy (non-hydrogen) atoms. The van der Waals surface area contributed by atoms with E-state index in [9.17, 15) is 0 Å². The Morgan fingerprint density at radius 1 is 0.857 bits per heavy atom. The summed E-state index contributed by atoms with van der Waals surface area (Å²) in [4.78, 5) is 0. The van der Waals surface area contributed by atoms with Crippen molar-refractivity contribution < 1.29 is 80.3 Å². The van der Waals surface area contributed by atoms with Crippen molar-refractivity contribution in [1.82, 2.24) is 6.15 Å². The Balaban J connectivity index is -0.0000000800. The molecule has 0 aromatic rings. The molecule has 0 bridgehead atoms. The monoisotopic (exact) mass is 155 g/mol. The van der Waals surface area contributed by atoms with Crippen LogP contribution in [0.25, 0.3) is 0 Å². The summed E-state index contributed by atoms with van der Waals surface area (Å²) in [5.41, 5.74) is 0. The van der Waals surface area contributed by atoms with E-state index in [0.717, 1.165) is 0 Å². The van der Waals surface area contributed by atoms with Crippen molar-refractivity contribution in [2.24, 2.45) is 0 Å². The summed E-state index contributed by atoms with van der Waals surface area (Å²) in [5.74, 6) is 0. The Hall–Kier alpha value is 1.73. The van der Waals surface area contributed by atoms with Gasteiger partial charge in [-0.05, 0) is 0 Å². The van der Waals surface area contributed by atoms with Crippen LogP contribution in [0.5, 0.6) is 0 Å². The molecule has 40 valence electrons. The SMILES string of the molecule is N.[K+].[O-][Cl+3]([O-])([O-])[O-]. The van der Waals surface area contributed by atoms with E-state index < -0.39 is 10.2 Å². The molecule has 0 radical (unpaired) electrons. The van der Waals surface area contributed by atoms with Crippen LogP contribution in [0, 0.1) is 10.2 Å². The molecule has 0 aliphatic rings. The third-order valence-corrected chi connectivity index (χ3v) is 0. The molecule has 0 spiro atoms. The maximum absolute atomic E-state index is 8.49. The van der Waals surface area contributed by atoms with Gasteiger partial charge in [0.15, 0.2) is 0 Å². The van der Waals surface area contributed by atoms with Crippen LogP contribution in [0.2, 0.25) is 0 Å². The third-order valence-electron chi connectivity index (χ3n) is 0. The standard InChI is InChI=1S/ClHO4.K.H3N/c2-1(3,4)5;;/h(H,2,3,4,5);;1H3/q;+1;/p-1. The molecular weight excluding hydrogens is 153 g/mol. The fourth-order valence-electron chi connectivity index (χ4n) is 0. The van der Waals surface area contributed by atoms with E-state index >= 15 is 0 Å². The molecule has 0 rings (SSSR count). The summed E-state index contributed by atoms with van der Waals surface area (Å²) >= 11 is 0. The van der Waals surface area contributed by atoms with Gasteiger partial charge in [0, 0.05) is 0 Å². The zero-order chi connectivity index (χ0) is 4.50. The molecule has 3 N–H and O–H groups in total. The molecule has 0 atom stereocenters. The van der Waals surface area contributed by atoms with Crippen LogP contribution in [0.4, 0.5) is 0 Å². The second kappa shape index (κ2) is 5.86. The summed E-state index contributed by atoms with van der Waals surface area (Å²) in [6.07, 6.45) is 0. The van der Waals surface area contributed by atoms with Gasteiger partial charge >= 0.3 is 51.4 Å². The number of halogens is 1. The average Bonchev–Trinajstić information content (AvgIpc) is 0.722. The predicted molar refractivity (Wildman–Crippen MR) is 5.02 cm³/mol. The van der Waals surface area contributed by atoms with Gasteiger partial charge in [0.2, 0.25) is 0 Å². The van der Waals surface area contributed by atoms with Crippen LogP contribution < -0.4 is 76.2 Å². The summed E-state index contributed by atoms with van der Waals surface area (Å²) in [7, 11) is -4.94. The fourth-order valence-corrected chi connectivity index (χ4v) is 0. The Morgan fingerprint density at radius 3 is 0.857 bits per heavy atom. The van der Waals surface area contributed by atoms with Gasteiger partial charge in [-0.2, -0.15) is 0 Å². The van der Waals surface area contributed by atoms with Gasteiger partial charge in [0.1, 0.15) is 0 Å². The van der Waals surface area contributed by atoms with E-state index in [4.69, 9.17) is 18.6 Å². The Bertz CT molecular complexity index is 27.2. The molecule has 0 aromatic heterocycles. The van der Waals surface area contributed by atoms with Gasteiger partial charge in [-0.15, -0.1) is 10.2 Å².